The number of nitriles is 1. The van der Waals surface area contributed by atoms with Crippen LogP contribution in [0.2, 0.25) is 0 Å². The summed E-state index contributed by atoms with van der Waals surface area (Å²) >= 11 is 1.63. The summed E-state index contributed by atoms with van der Waals surface area (Å²) in [6.07, 6.45) is 1.67. The van der Waals surface area contributed by atoms with Gasteiger partial charge in [-0.1, -0.05) is 0 Å². The van der Waals surface area contributed by atoms with E-state index in [2.05, 4.69) is 11.4 Å². The van der Waals surface area contributed by atoms with Crippen molar-refractivity contribution in [2.24, 2.45) is 0 Å². The molecule has 1 aromatic rings. The van der Waals surface area contributed by atoms with E-state index in [0.717, 1.165) is 16.4 Å². The number of thioether (sulfide) groups is 1. The first-order valence-electron chi connectivity index (χ1n) is 4.01. The van der Waals surface area contributed by atoms with Crippen molar-refractivity contribution in [1.82, 2.24) is 5.32 Å². The van der Waals surface area contributed by atoms with Crippen LogP contribution in [0.5, 0.6) is 0 Å². The van der Waals surface area contributed by atoms with E-state index in [4.69, 9.17) is 9.68 Å². The predicted octanol–water partition coefficient (Wildman–Crippen LogP) is 1.79. The lowest BCUT2D eigenvalue weighted by atomic mass is 10.4. The SMILES string of the molecule is CNC(C#N)CSc1ccoc1C. The van der Waals surface area contributed by atoms with E-state index in [-0.39, 0.29) is 6.04 Å². The number of rotatable bonds is 4. The van der Waals surface area contributed by atoms with Gasteiger partial charge in [0, 0.05) is 10.6 Å². The molecule has 0 saturated carbocycles. The lowest BCUT2D eigenvalue weighted by Crippen LogP contribution is -2.25. The van der Waals surface area contributed by atoms with Gasteiger partial charge < -0.3 is 9.73 Å². The lowest BCUT2D eigenvalue weighted by molar-refractivity contribution is 0.527. The largest absolute Gasteiger partial charge is 0.468 e. The smallest absolute Gasteiger partial charge is 0.114 e. The topological polar surface area (TPSA) is 49.0 Å². The summed E-state index contributed by atoms with van der Waals surface area (Å²) in [7, 11) is 1.79. The summed E-state index contributed by atoms with van der Waals surface area (Å²) in [6.45, 7) is 1.92. The van der Waals surface area contributed by atoms with Gasteiger partial charge in [-0.25, -0.2) is 0 Å². The van der Waals surface area contributed by atoms with Crippen molar-refractivity contribution in [3.8, 4) is 6.07 Å². The van der Waals surface area contributed by atoms with Gasteiger partial charge in [0.15, 0.2) is 0 Å². The minimum Gasteiger partial charge on any atom is -0.468 e. The molecule has 0 aliphatic rings. The molecule has 4 heteroatoms. The van der Waals surface area contributed by atoms with Crippen LogP contribution in [0.4, 0.5) is 0 Å². The third kappa shape index (κ3) is 2.79. The van der Waals surface area contributed by atoms with E-state index in [1.54, 1.807) is 25.1 Å². The molecule has 0 radical (unpaired) electrons. The Kier molecular flexibility index (Phi) is 3.87. The van der Waals surface area contributed by atoms with Crippen molar-refractivity contribution < 1.29 is 4.42 Å². The quantitative estimate of drug-likeness (QED) is 0.746. The van der Waals surface area contributed by atoms with Crippen molar-refractivity contribution >= 4 is 11.8 Å². The molecule has 0 bridgehead atoms. The Morgan fingerprint density at radius 3 is 3.00 bits per heavy atom. The standard InChI is InChI=1S/C9H12N2OS/c1-7-9(3-4-12-7)13-6-8(5-10)11-2/h3-4,8,11H,6H2,1-2H3. The molecule has 0 fully saturated rings. The van der Waals surface area contributed by atoms with Gasteiger partial charge in [-0.05, 0) is 20.0 Å². The fourth-order valence-corrected chi connectivity index (χ4v) is 1.87. The number of aryl methyl sites for hydroxylation is 1. The molecule has 1 unspecified atom stereocenters. The molecule has 1 aromatic heterocycles. The minimum atomic E-state index is -0.0979. The van der Waals surface area contributed by atoms with Gasteiger partial charge in [-0.3, -0.25) is 0 Å². The fraction of sp³-hybridized carbons (Fsp3) is 0.444. The third-order valence-corrected chi connectivity index (χ3v) is 2.96. The molecular formula is C9H12N2OS. The van der Waals surface area contributed by atoms with E-state index in [9.17, 15) is 0 Å². The normalized spacial score (nSPS) is 12.4. The van der Waals surface area contributed by atoms with Crippen LogP contribution in [0.15, 0.2) is 21.6 Å². The highest BCUT2D eigenvalue weighted by atomic mass is 32.2. The second kappa shape index (κ2) is 4.95. The maximum Gasteiger partial charge on any atom is 0.114 e. The van der Waals surface area contributed by atoms with Crippen molar-refractivity contribution in [3.63, 3.8) is 0 Å². The van der Waals surface area contributed by atoms with Gasteiger partial charge in [-0.2, -0.15) is 5.26 Å². The number of nitrogens with zero attached hydrogens (tertiary/aromatic N) is 1. The highest BCUT2D eigenvalue weighted by molar-refractivity contribution is 7.99. The summed E-state index contributed by atoms with van der Waals surface area (Å²) in [6, 6.07) is 3.99. The number of hydrogen-bond acceptors (Lipinski definition) is 4. The molecule has 0 aliphatic carbocycles. The van der Waals surface area contributed by atoms with Crippen LogP contribution >= 0.6 is 11.8 Å². The monoisotopic (exact) mass is 196 g/mol. The predicted molar refractivity (Wildman–Crippen MR) is 52.6 cm³/mol. The fourth-order valence-electron chi connectivity index (χ4n) is 0.881. The van der Waals surface area contributed by atoms with E-state index in [1.807, 2.05) is 13.0 Å². The van der Waals surface area contributed by atoms with Crippen molar-refractivity contribution in [1.29, 1.82) is 5.26 Å². The van der Waals surface area contributed by atoms with Crippen LogP contribution in [0.3, 0.4) is 0 Å². The molecule has 1 atom stereocenters. The molecule has 0 spiro atoms. The Balaban J connectivity index is 2.44. The molecule has 0 aliphatic heterocycles. The first kappa shape index (κ1) is 10.2. The summed E-state index contributed by atoms with van der Waals surface area (Å²) in [5, 5.41) is 11.6. The zero-order valence-electron chi connectivity index (χ0n) is 7.70. The molecule has 3 nitrogen and oxygen atoms in total. The first-order chi connectivity index (χ1) is 6.27. The summed E-state index contributed by atoms with van der Waals surface area (Å²) in [4.78, 5) is 1.11. The Bertz CT molecular complexity index is 303. The van der Waals surface area contributed by atoms with Crippen LogP contribution in [-0.2, 0) is 0 Å². The summed E-state index contributed by atoms with van der Waals surface area (Å²) in [5.41, 5.74) is 0. The van der Waals surface area contributed by atoms with Gasteiger partial charge in [0.1, 0.15) is 11.8 Å². The zero-order valence-corrected chi connectivity index (χ0v) is 8.52. The van der Waals surface area contributed by atoms with Crippen molar-refractivity contribution in [2.45, 2.75) is 17.9 Å². The van der Waals surface area contributed by atoms with Gasteiger partial charge in [0.05, 0.1) is 12.3 Å². The van der Waals surface area contributed by atoms with Gasteiger partial charge in [-0.15, -0.1) is 11.8 Å². The van der Waals surface area contributed by atoms with Crippen LogP contribution in [0, 0.1) is 18.3 Å². The van der Waals surface area contributed by atoms with E-state index in [1.165, 1.54) is 0 Å². The maximum absolute atomic E-state index is 8.67. The number of hydrogen-bond donors (Lipinski definition) is 1. The molecule has 70 valence electrons. The van der Waals surface area contributed by atoms with Crippen LogP contribution in [-0.4, -0.2) is 18.8 Å². The highest BCUT2D eigenvalue weighted by Gasteiger charge is 2.07. The van der Waals surface area contributed by atoms with Crippen LogP contribution in [0.25, 0.3) is 0 Å². The van der Waals surface area contributed by atoms with Gasteiger partial charge >= 0.3 is 0 Å². The number of nitrogens with one attached hydrogen (secondary N) is 1. The Hall–Kier alpha value is -0.920. The van der Waals surface area contributed by atoms with E-state index >= 15 is 0 Å². The lowest BCUT2D eigenvalue weighted by Gasteiger charge is -2.05. The molecule has 1 rings (SSSR count). The molecule has 0 amide bonds. The Morgan fingerprint density at radius 2 is 2.54 bits per heavy atom. The van der Waals surface area contributed by atoms with E-state index in [0.29, 0.717) is 0 Å². The van der Waals surface area contributed by atoms with Crippen molar-refractivity contribution in [3.05, 3.63) is 18.1 Å². The maximum atomic E-state index is 8.67. The van der Waals surface area contributed by atoms with Crippen LogP contribution in [0.1, 0.15) is 5.76 Å². The average Bonchev–Trinajstić information content (AvgIpc) is 2.54. The Morgan fingerprint density at radius 1 is 1.77 bits per heavy atom. The average molecular weight is 196 g/mol. The van der Waals surface area contributed by atoms with E-state index < -0.39 is 0 Å². The van der Waals surface area contributed by atoms with Crippen LogP contribution < -0.4 is 5.32 Å². The molecule has 0 aromatic carbocycles. The molecule has 0 saturated heterocycles. The second-order valence-electron chi connectivity index (χ2n) is 2.62. The Labute approximate surface area is 82.1 Å². The van der Waals surface area contributed by atoms with Gasteiger partial charge in [0.25, 0.3) is 0 Å². The summed E-state index contributed by atoms with van der Waals surface area (Å²) in [5.74, 6) is 1.66. The summed E-state index contributed by atoms with van der Waals surface area (Å²) < 4.78 is 5.14. The molecule has 13 heavy (non-hydrogen) atoms. The number of furan rings is 1. The molecular weight excluding hydrogens is 184 g/mol. The highest BCUT2D eigenvalue weighted by Crippen LogP contribution is 2.23. The molecule has 1 N–H and O–H groups in total. The second-order valence-corrected chi connectivity index (χ2v) is 3.68. The molecule has 1 heterocycles. The third-order valence-electron chi connectivity index (χ3n) is 1.72. The first-order valence-corrected chi connectivity index (χ1v) is 5.00. The zero-order chi connectivity index (χ0) is 9.68. The van der Waals surface area contributed by atoms with Gasteiger partial charge in [0.2, 0.25) is 0 Å². The minimum absolute atomic E-state index is 0.0979. The van der Waals surface area contributed by atoms with Crippen molar-refractivity contribution in [2.75, 3.05) is 12.8 Å².